The third kappa shape index (κ3) is 6.00. The molecule has 140 valence electrons. The van der Waals surface area contributed by atoms with E-state index in [1.165, 1.54) is 0 Å². The Morgan fingerprint density at radius 1 is 1.07 bits per heavy atom. The molecule has 0 saturated carbocycles. The van der Waals surface area contributed by atoms with Crippen molar-refractivity contribution in [1.82, 2.24) is 25.1 Å². The van der Waals surface area contributed by atoms with Gasteiger partial charge in [-0.3, -0.25) is 19.3 Å². The van der Waals surface area contributed by atoms with E-state index in [2.05, 4.69) is 25.7 Å². The highest BCUT2D eigenvalue weighted by molar-refractivity contribution is 7.09. The number of nitrogens with one attached hydrogen (secondary N) is 2. The highest BCUT2D eigenvalue weighted by Gasteiger charge is 2.14. The summed E-state index contributed by atoms with van der Waals surface area (Å²) in [4.78, 5) is 31.9. The van der Waals surface area contributed by atoms with E-state index in [9.17, 15) is 9.59 Å². The number of rotatable bonds is 8. The largest absolute Gasteiger partial charge is 0.348 e. The van der Waals surface area contributed by atoms with Crippen LogP contribution in [0.25, 0.3) is 0 Å². The zero-order chi connectivity index (χ0) is 18.9. The molecule has 0 aliphatic carbocycles. The topological polar surface area (TPSA) is 102 Å². The molecule has 0 unspecified atom stereocenters. The molecule has 0 atom stereocenters. The number of hydrogen-bond donors (Lipinski definition) is 2. The van der Waals surface area contributed by atoms with Crippen LogP contribution in [-0.4, -0.2) is 38.1 Å². The fourth-order valence-corrected chi connectivity index (χ4v) is 3.08. The van der Waals surface area contributed by atoms with Gasteiger partial charge in [-0.05, 0) is 30.5 Å². The van der Waals surface area contributed by atoms with Gasteiger partial charge in [-0.25, -0.2) is 4.98 Å². The van der Waals surface area contributed by atoms with Crippen LogP contribution in [0.4, 0.5) is 5.82 Å². The van der Waals surface area contributed by atoms with E-state index < -0.39 is 11.8 Å². The van der Waals surface area contributed by atoms with E-state index in [0.717, 1.165) is 29.8 Å². The summed E-state index contributed by atoms with van der Waals surface area (Å²) in [5.41, 5.74) is 1.16. The molecule has 0 radical (unpaired) electrons. The van der Waals surface area contributed by atoms with Crippen molar-refractivity contribution in [1.29, 1.82) is 0 Å². The van der Waals surface area contributed by atoms with Crippen molar-refractivity contribution in [3.63, 3.8) is 0 Å². The van der Waals surface area contributed by atoms with E-state index >= 15 is 0 Å². The predicted octanol–water partition coefficient (Wildman–Crippen LogP) is 1.66. The summed E-state index contributed by atoms with van der Waals surface area (Å²) in [6, 6.07) is 5.57. The second-order valence-corrected chi connectivity index (χ2v) is 6.79. The van der Waals surface area contributed by atoms with Crippen LogP contribution in [0.2, 0.25) is 0 Å². The minimum atomic E-state index is -0.719. The first kappa shape index (κ1) is 18.7. The van der Waals surface area contributed by atoms with Crippen molar-refractivity contribution in [2.45, 2.75) is 25.8 Å². The van der Waals surface area contributed by atoms with Gasteiger partial charge in [0.1, 0.15) is 0 Å². The molecular weight excluding hydrogens is 364 g/mol. The lowest BCUT2D eigenvalue weighted by Gasteiger charge is -2.04. The van der Waals surface area contributed by atoms with Crippen LogP contribution >= 0.6 is 11.3 Å². The summed E-state index contributed by atoms with van der Waals surface area (Å²) < 4.78 is 1.72. The van der Waals surface area contributed by atoms with Crippen LogP contribution in [0.5, 0.6) is 0 Å². The number of carbonyl (C=O) groups is 2. The van der Waals surface area contributed by atoms with Gasteiger partial charge in [0, 0.05) is 55.7 Å². The molecule has 9 heteroatoms. The smallest absolute Gasteiger partial charge is 0.314 e. The monoisotopic (exact) mass is 384 g/mol. The van der Waals surface area contributed by atoms with E-state index in [1.54, 1.807) is 46.9 Å². The van der Waals surface area contributed by atoms with Crippen molar-refractivity contribution in [3.05, 3.63) is 58.9 Å². The lowest BCUT2D eigenvalue weighted by molar-refractivity contribution is -0.136. The van der Waals surface area contributed by atoms with Gasteiger partial charge < -0.3 is 10.6 Å². The highest BCUT2D eigenvalue weighted by atomic mass is 32.1. The molecule has 0 aliphatic rings. The Hall–Kier alpha value is -3.07. The Morgan fingerprint density at radius 2 is 1.93 bits per heavy atom. The zero-order valence-electron chi connectivity index (χ0n) is 14.7. The molecule has 0 spiro atoms. The summed E-state index contributed by atoms with van der Waals surface area (Å²) >= 11 is 1.58. The number of thiazole rings is 1. The maximum Gasteiger partial charge on any atom is 0.314 e. The first-order chi connectivity index (χ1) is 13.2. The second-order valence-electron chi connectivity index (χ2n) is 5.81. The summed E-state index contributed by atoms with van der Waals surface area (Å²) in [6.07, 6.45) is 9.33. The molecule has 2 amide bonds. The molecule has 3 aromatic heterocycles. The van der Waals surface area contributed by atoms with E-state index in [0.29, 0.717) is 18.9 Å². The Bertz CT molecular complexity index is 863. The predicted molar refractivity (Wildman–Crippen MR) is 102 cm³/mol. The van der Waals surface area contributed by atoms with Gasteiger partial charge in [-0.1, -0.05) is 0 Å². The lowest BCUT2D eigenvalue weighted by Crippen LogP contribution is -2.36. The summed E-state index contributed by atoms with van der Waals surface area (Å²) in [5, 5.41) is 12.3. The molecule has 0 saturated heterocycles. The molecular formula is C18H20N6O2S. The molecule has 27 heavy (non-hydrogen) atoms. The number of aryl methyl sites for hydroxylation is 3. The van der Waals surface area contributed by atoms with Crippen molar-refractivity contribution < 1.29 is 9.59 Å². The van der Waals surface area contributed by atoms with Gasteiger partial charge >= 0.3 is 11.8 Å². The third-order valence-corrected chi connectivity index (χ3v) is 4.64. The summed E-state index contributed by atoms with van der Waals surface area (Å²) in [7, 11) is 0. The van der Waals surface area contributed by atoms with Crippen molar-refractivity contribution in [3.8, 4) is 0 Å². The number of carbonyl (C=O) groups excluding carboxylic acids is 2. The fourth-order valence-electron chi connectivity index (χ4n) is 2.42. The van der Waals surface area contributed by atoms with Crippen LogP contribution in [0, 0.1) is 0 Å². The van der Waals surface area contributed by atoms with Crippen molar-refractivity contribution in [2.75, 3.05) is 11.9 Å². The van der Waals surface area contributed by atoms with Crippen LogP contribution in [0.1, 0.15) is 17.0 Å². The molecule has 8 nitrogen and oxygen atoms in total. The van der Waals surface area contributed by atoms with Gasteiger partial charge in [-0.2, -0.15) is 5.10 Å². The van der Waals surface area contributed by atoms with E-state index in [4.69, 9.17) is 0 Å². The van der Waals surface area contributed by atoms with Crippen LogP contribution in [0.15, 0.2) is 48.4 Å². The number of amides is 2. The van der Waals surface area contributed by atoms with Gasteiger partial charge in [0.25, 0.3) is 0 Å². The molecule has 3 heterocycles. The summed E-state index contributed by atoms with van der Waals surface area (Å²) in [5.74, 6) is -1.03. The second kappa shape index (κ2) is 9.58. The molecule has 2 N–H and O–H groups in total. The van der Waals surface area contributed by atoms with Gasteiger partial charge in [-0.15, -0.1) is 11.3 Å². The quantitative estimate of drug-likeness (QED) is 0.454. The third-order valence-electron chi connectivity index (χ3n) is 3.80. The Balaban J connectivity index is 1.38. The Labute approximate surface area is 160 Å². The Kier molecular flexibility index (Phi) is 6.64. The van der Waals surface area contributed by atoms with Crippen molar-refractivity contribution >= 4 is 29.0 Å². The molecule has 0 bridgehead atoms. The average molecular weight is 384 g/mol. The molecule has 0 aromatic carbocycles. The fraction of sp³-hybridized carbons (Fsp3) is 0.278. The number of aromatic nitrogens is 4. The number of anilines is 1. The normalized spacial score (nSPS) is 10.5. The maximum absolute atomic E-state index is 11.9. The minimum absolute atomic E-state index is 0.354. The molecule has 3 rings (SSSR count). The number of hydrogen-bond acceptors (Lipinski definition) is 6. The van der Waals surface area contributed by atoms with Gasteiger partial charge in [0.15, 0.2) is 5.82 Å². The lowest BCUT2D eigenvalue weighted by atomic mass is 10.2. The van der Waals surface area contributed by atoms with Gasteiger partial charge in [0.05, 0.1) is 5.01 Å². The number of nitrogens with zero attached hydrogens (tertiary/aromatic N) is 4. The van der Waals surface area contributed by atoms with E-state index in [1.807, 2.05) is 17.5 Å². The minimum Gasteiger partial charge on any atom is -0.348 e. The first-order valence-electron chi connectivity index (χ1n) is 8.60. The highest BCUT2D eigenvalue weighted by Crippen LogP contribution is 2.06. The Morgan fingerprint density at radius 3 is 2.70 bits per heavy atom. The van der Waals surface area contributed by atoms with Crippen molar-refractivity contribution in [2.24, 2.45) is 0 Å². The SMILES string of the molecule is O=C(NCCCc1nccs1)C(=O)Nc1ccn(CCc2ccncc2)n1. The standard InChI is InChI=1S/C18H20N6O2S/c25-17(21-7-1-2-16-20-10-13-27-16)18(26)22-15-6-12-24(23-15)11-5-14-3-8-19-9-4-14/h3-4,6,8-10,12-13H,1-2,5,7,11H2,(H,21,25)(H,22,23,26). The molecule has 0 fully saturated rings. The average Bonchev–Trinajstić information content (AvgIpc) is 3.36. The van der Waals surface area contributed by atoms with Crippen LogP contribution in [-0.2, 0) is 29.0 Å². The number of pyridine rings is 1. The molecule has 3 aromatic rings. The van der Waals surface area contributed by atoms with Crippen LogP contribution in [0.3, 0.4) is 0 Å². The van der Waals surface area contributed by atoms with Crippen LogP contribution < -0.4 is 10.6 Å². The molecule has 0 aliphatic heterocycles. The zero-order valence-corrected chi connectivity index (χ0v) is 15.5. The van der Waals surface area contributed by atoms with Gasteiger partial charge in [0.2, 0.25) is 0 Å². The summed E-state index contributed by atoms with van der Waals surface area (Å²) in [6.45, 7) is 1.09. The van der Waals surface area contributed by atoms with E-state index in [-0.39, 0.29) is 0 Å². The maximum atomic E-state index is 11.9. The first-order valence-corrected chi connectivity index (χ1v) is 9.48.